The predicted molar refractivity (Wildman–Crippen MR) is 580 cm³/mol. The molecule has 20 rings (SSSR count). The van der Waals surface area contributed by atoms with E-state index in [4.69, 9.17) is 61.8 Å². The van der Waals surface area contributed by atoms with Crippen molar-refractivity contribution in [1.29, 1.82) is 0 Å². The van der Waals surface area contributed by atoms with Crippen molar-refractivity contribution in [1.82, 2.24) is 59.8 Å². The molecule has 6 aromatic carbocycles. The van der Waals surface area contributed by atoms with Gasteiger partial charge in [0.2, 0.25) is 29.5 Å². The lowest BCUT2D eigenvalue weighted by atomic mass is 10.1. The third-order valence-corrected chi connectivity index (χ3v) is 28.4. The Labute approximate surface area is 876 Å². The number of benzene rings is 6. The van der Waals surface area contributed by atoms with Crippen molar-refractivity contribution in [3.63, 3.8) is 0 Å². The summed E-state index contributed by atoms with van der Waals surface area (Å²) in [5.41, 5.74) is 37.8. The number of carbonyl (C=O) groups excluding carboxylic acids is 5. The zero-order valence-electron chi connectivity index (χ0n) is 82.5. The number of ether oxygens (including phenoxy) is 7. The van der Waals surface area contributed by atoms with Crippen LogP contribution < -0.4 is 89.0 Å². The van der Waals surface area contributed by atoms with Crippen LogP contribution in [0.3, 0.4) is 0 Å². The van der Waals surface area contributed by atoms with Crippen LogP contribution in [-0.4, -0.2) is 146 Å². The van der Waals surface area contributed by atoms with Gasteiger partial charge in [0.15, 0.2) is 34.9 Å². The molecule has 149 heavy (non-hydrogen) atoms. The van der Waals surface area contributed by atoms with Crippen LogP contribution in [0.1, 0.15) is 163 Å². The van der Waals surface area contributed by atoms with E-state index >= 15 is 0 Å². The van der Waals surface area contributed by atoms with Crippen LogP contribution in [-0.2, 0) is 4.74 Å². The minimum atomic E-state index is -4.35. The highest BCUT2D eigenvalue weighted by Crippen LogP contribution is 2.44. The van der Waals surface area contributed by atoms with Crippen LogP contribution >= 0.6 is 68.0 Å². The van der Waals surface area contributed by atoms with E-state index in [1.54, 1.807) is 136 Å². The van der Waals surface area contributed by atoms with Crippen molar-refractivity contribution >= 4 is 228 Å². The van der Waals surface area contributed by atoms with Crippen molar-refractivity contribution in [2.75, 3.05) is 51.7 Å². The molecule has 5 amide bonds. The van der Waals surface area contributed by atoms with E-state index in [1.165, 1.54) is 95.9 Å². The highest BCUT2D eigenvalue weighted by Gasteiger charge is 2.29. The normalized spacial score (nSPS) is 12.9. The highest BCUT2D eigenvalue weighted by molar-refractivity contribution is 7.21. The van der Waals surface area contributed by atoms with Crippen molar-refractivity contribution < 1.29 is 74.7 Å². The van der Waals surface area contributed by atoms with Gasteiger partial charge in [0.25, 0.3) is 0 Å². The predicted octanol–water partition coefficient (Wildman–Crippen LogP) is 23.4. The Kier molecular flexibility index (Phi) is 35.4. The van der Waals surface area contributed by atoms with Gasteiger partial charge in [0.05, 0.1) is 146 Å². The number of halogens is 4. The summed E-state index contributed by atoms with van der Waals surface area (Å²) in [4.78, 5) is 115. The summed E-state index contributed by atoms with van der Waals surface area (Å²) in [7, 11) is 0. The second-order valence-electron chi connectivity index (χ2n) is 34.6. The van der Waals surface area contributed by atoms with Gasteiger partial charge in [0, 0.05) is 64.7 Å². The lowest BCUT2D eigenvalue weighted by molar-refractivity contribution is -0.139. The van der Waals surface area contributed by atoms with Crippen molar-refractivity contribution in [2.45, 2.75) is 158 Å². The third-order valence-electron chi connectivity index (χ3n) is 22.3. The molecule has 18 aromatic rings. The number of anilines is 12. The molecule has 1 saturated heterocycles. The minimum absolute atomic E-state index is 0.0121. The van der Waals surface area contributed by atoms with E-state index in [1.807, 2.05) is 124 Å². The Hall–Kier alpha value is -15.8. The standard InChI is InChI=1S/C19H20N4O2S.C18H18N4O3S.C18H20N4O2S.C17H15F3N4O2S.C17H18N4O2S.C15H14FN3OS/c1-11-8-15-17(26-11)19(22-10-21-15)23-14-7-6-12(18(20)24)9-16(14)25-13-4-2-3-5-13;1-10-6-14-16(26-10)18(21-9-20-14)22-13-3-2-11(17(19)23)7-15(13)25-12-4-5-24-8-12;1-4-10(2)24-15-8-12(17(19)23)5-6-13(15)22-18-16-14(20-9-21-18)7-11(3)25-16;1-9-6-12-14(27-9)16(23-8-22-12)24-11-3-2-10(15(21)25)7-13(11)26-5-4-17(18,19)20;1-9(2)23-14-7-11(16(18)22)4-5-12(14)21-17-15-13(19-8-20-17)6-10(3)24-15;1-9(2)20-13-7-10(16)3-4-11(13)19-15-14-12(5-6-21-14)17-8-18-15/h6-10,13H,2-5H2,1H3,(H2,20,24)(H,21,22,23);2-3,6-7,9,12H,4-5,8H2,1H3,(H2,19,23)(H,20,21,22);5-10H,4H2,1-3H3,(H2,19,23)(H,20,21,22);2-3,6-8H,4-5H2,1H3,(H2,21,25)(H,22,23,24);4-9H,1-3H3,(H2,18,22)(H,19,20,21);3-9H,1-2H3,(H,17,18,19). The van der Waals surface area contributed by atoms with E-state index in [-0.39, 0.29) is 47.7 Å². The fourth-order valence-electron chi connectivity index (χ4n) is 15.1. The van der Waals surface area contributed by atoms with Gasteiger partial charge in [-0.05, 0) is 246 Å². The lowest BCUT2D eigenvalue weighted by Crippen LogP contribution is -2.17. The molecule has 1 aliphatic heterocycles. The molecular formula is C104H105F4N23O12S6. The molecule has 0 spiro atoms. The number of aryl methyl sites for hydroxylation is 5. The first kappa shape index (κ1) is 107. The molecule has 12 aromatic heterocycles. The Morgan fingerprint density at radius 1 is 0.376 bits per heavy atom. The summed E-state index contributed by atoms with van der Waals surface area (Å²) < 4.78 is 96.6. The topological polar surface area (TPSA) is 507 Å². The second kappa shape index (κ2) is 49.1. The second-order valence-corrected chi connectivity index (χ2v) is 41.8. The maximum Gasteiger partial charge on any atom is 0.392 e. The average Bonchev–Trinajstić information content (AvgIpc) is 1.66. The monoisotopic (exact) mass is 2140 g/mol. The molecule has 772 valence electrons. The van der Waals surface area contributed by atoms with E-state index in [0.29, 0.717) is 110 Å². The largest absolute Gasteiger partial charge is 0.491 e. The summed E-state index contributed by atoms with van der Waals surface area (Å²) in [5.74, 6) is 3.91. The molecule has 16 N–H and O–H groups in total. The van der Waals surface area contributed by atoms with Gasteiger partial charge >= 0.3 is 6.18 Å². The smallest absolute Gasteiger partial charge is 0.392 e. The molecule has 13 heterocycles. The number of fused-ring (bicyclic) bond motifs is 6. The Morgan fingerprint density at radius 3 is 1.01 bits per heavy atom. The zero-order chi connectivity index (χ0) is 106. The fraction of sp³-hybridized carbons (Fsp3) is 0.260. The van der Waals surface area contributed by atoms with Gasteiger partial charge in [-0.2, -0.15) is 13.2 Å². The number of hydrogen-bond donors (Lipinski definition) is 11. The van der Waals surface area contributed by atoms with Crippen molar-refractivity contribution in [2.24, 2.45) is 28.7 Å². The molecule has 0 bridgehead atoms. The summed E-state index contributed by atoms with van der Waals surface area (Å²) in [5, 5.41) is 21.5. The first-order valence-corrected chi connectivity index (χ1v) is 51.9. The quantitative estimate of drug-likeness (QED) is 0.0180. The maximum absolute atomic E-state index is 13.4. The maximum atomic E-state index is 13.4. The summed E-state index contributed by atoms with van der Waals surface area (Å²) in [6.45, 7) is 22.4. The number of thiophene rings is 6. The molecule has 1 aliphatic carbocycles. The third kappa shape index (κ3) is 28.7. The van der Waals surface area contributed by atoms with Gasteiger partial charge in [0.1, 0.15) is 84.4 Å². The molecular weight excluding hydrogens is 2030 g/mol. The lowest BCUT2D eigenvalue weighted by Gasteiger charge is -2.18. The van der Waals surface area contributed by atoms with Crippen molar-refractivity contribution in [3.8, 4) is 34.5 Å². The van der Waals surface area contributed by atoms with Crippen molar-refractivity contribution in [3.05, 3.63) is 247 Å². The molecule has 2 atom stereocenters. The molecule has 2 unspecified atom stereocenters. The number of amides is 5. The fourth-order valence-corrected chi connectivity index (χ4v) is 20.4. The molecule has 0 radical (unpaired) electrons. The summed E-state index contributed by atoms with van der Waals surface area (Å²) in [6.07, 6.45) is 9.68. The Morgan fingerprint density at radius 2 is 0.678 bits per heavy atom. The van der Waals surface area contributed by atoms with Gasteiger partial charge in [-0.3, -0.25) is 24.0 Å². The van der Waals surface area contributed by atoms with E-state index in [0.717, 1.165) is 124 Å². The van der Waals surface area contributed by atoms with Gasteiger partial charge in [-0.25, -0.2) is 64.2 Å². The SMILES string of the molecule is CC(C)Oc1cc(F)ccc1Nc1ncnc2ccsc12.CCC(C)Oc1cc(C(N)=O)ccc1Nc1ncnc2cc(C)sc12.Cc1cc2ncnc(Nc3ccc(C(N)=O)cc3OC(C)C)c2s1.Cc1cc2ncnc(Nc3ccc(C(N)=O)cc3OC3CCCC3)c2s1.Cc1cc2ncnc(Nc3ccc(C(N)=O)cc3OC3CCOC3)c2s1.Cc1cc2ncnc(Nc3ccc(C(N)=O)cc3OCCC(F)(F)F)c2s1. The van der Waals surface area contributed by atoms with Crippen LogP contribution in [0.5, 0.6) is 34.5 Å². The van der Waals surface area contributed by atoms with Gasteiger partial charge < -0.3 is 93.7 Å². The van der Waals surface area contributed by atoms with Crippen LogP contribution in [0, 0.1) is 40.4 Å². The number of nitrogens with one attached hydrogen (secondary N) is 6. The van der Waals surface area contributed by atoms with Crippen LogP contribution in [0.15, 0.2) is 189 Å². The van der Waals surface area contributed by atoms with E-state index in [9.17, 15) is 41.5 Å². The number of nitrogens with two attached hydrogens (primary N) is 5. The molecule has 2 fully saturated rings. The number of rotatable bonds is 31. The zero-order valence-corrected chi connectivity index (χ0v) is 87.4. The molecule has 35 nitrogen and oxygen atoms in total. The Balaban J connectivity index is 0.000000134. The Bertz CT molecular complexity index is 7710. The number of hydrogen-bond acceptors (Lipinski definition) is 36. The van der Waals surface area contributed by atoms with Crippen LogP contribution in [0.4, 0.5) is 86.6 Å². The number of alkyl halides is 3. The number of primary amides is 5. The molecule has 45 heteroatoms. The van der Waals surface area contributed by atoms with E-state index in [2.05, 4.69) is 91.7 Å². The summed E-state index contributed by atoms with van der Waals surface area (Å²) in [6, 6.07) is 41.2. The first-order valence-electron chi connectivity index (χ1n) is 46.9. The number of nitrogens with zero attached hydrogens (tertiary/aromatic N) is 12. The van der Waals surface area contributed by atoms with Crippen LogP contribution in [0.25, 0.3) is 61.3 Å². The molecule has 1 saturated carbocycles. The number of aromatic nitrogens is 12. The molecule has 2 aliphatic rings. The highest BCUT2D eigenvalue weighted by atomic mass is 32.1. The van der Waals surface area contributed by atoms with Gasteiger partial charge in [-0.1, -0.05) is 6.92 Å². The van der Waals surface area contributed by atoms with E-state index < -0.39 is 48.7 Å². The van der Waals surface area contributed by atoms with Gasteiger partial charge in [-0.15, -0.1) is 68.0 Å². The first-order chi connectivity index (χ1) is 71.5. The number of carbonyl (C=O) groups is 5. The average molecular weight is 2140 g/mol. The summed E-state index contributed by atoms with van der Waals surface area (Å²) >= 11 is 9.55. The van der Waals surface area contributed by atoms with Crippen LogP contribution in [0.2, 0.25) is 0 Å². The minimum Gasteiger partial charge on any atom is -0.491 e.